The summed E-state index contributed by atoms with van der Waals surface area (Å²) >= 11 is 0. The summed E-state index contributed by atoms with van der Waals surface area (Å²) in [6.45, 7) is 6.96. The van der Waals surface area contributed by atoms with Gasteiger partial charge in [-0.05, 0) is 61.3 Å². The summed E-state index contributed by atoms with van der Waals surface area (Å²) in [5.74, 6) is -0.215. The van der Waals surface area contributed by atoms with Gasteiger partial charge in [0.1, 0.15) is 6.61 Å². The molecule has 25 heavy (non-hydrogen) atoms. The molecule has 0 aromatic rings. The molecule has 1 saturated carbocycles. The molecule has 6 atom stereocenters. The number of carbonyl (C=O) groups is 2. The highest BCUT2D eigenvalue weighted by molar-refractivity contribution is 5.92. The van der Waals surface area contributed by atoms with Crippen molar-refractivity contribution >= 4 is 11.9 Å². The minimum atomic E-state index is -0.751. The maximum absolute atomic E-state index is 12.2. The lowest BCUT2D eigenvalue weighted by Crippen LogP contribution is -2.53. The fraction of sp³-hybridized carbons (Fsp3) is 0.800. The zero-order valence-corrected chi connectivity index (χ0v) is 15.5. The lowest BCUT2D eigenvalue weighted by atomic mass is 9.46. The van der Waals surface area contributed by atoms with Crippen LogP contribution >= 0.6 is 0 Å². The van der Waals surface area contributed by atoms with Crippen LogP contribution in [0.2, 0.25) is 0 Å². The van der Waals surface area contributed by atoms with Gasteiger partial charge in [-0.15, -0.1) is 0 Å². The van der Waals surface area contributed by atoms with Crippen LogP contribution in [0.3, 0.4) is 0 Å². The zero-order chi connectivity index (χ0) is 18.4. The molecule has 5 heteroatoms. The van der Waals surface area contributed by atoms with Crippen LogP contribution in [-0.4, -0.2) is 34.9 Å². The van der Waals surface area contributed by atoms with Gasteiger partial charge >= 0.3 is 11.9 Å². The van der Waals surface area contributed by atoms with E-state index in [4.69, 9.17) is 9.84 Å². The summed E-state index contributed by atoms with van der Waals surface area (Å²) in [4.78, 5) is 23.2. The van der Waals surface area contributed by atoms with Gasteiger partial charge in [-0.1, -0.05) is 20.8 Å². The van der Waals surface area contributed by atoms with Crippen molar-refractivity contribution in [3.8, 4) is 0 Å². The van der Waals surface area contributed by atoms with Crippen LogP contribution < -0.4 is 0 Å². The SMILES string of the molecule is C[C@H](CC[C@@]1(C)[C@H](C)CC[C@@]23COC(=O)C2=C[C@H](O)C[C@@H]31)CC(=O)O. The average Bonchev–Trinajstić information content (AvgIpc) is 2.85. The van der Waals surface area contributed by atoms with Gasteiger partial charge in [0.25, 0.3) is 0 Å². The molecule has 2 aliphatic carbocycles. The van der Waals surface area contributed by atoms with Crippen molar-refractivity contribution in [2.45, 2.75) is 65.4 Å². The molecule has 0 radical (unpaired) electrons. The number of aliphatic hydroxyl groups is 1. The van der Waals surface area contributed by atoms with E-state index in [0.29, 0.717) is 24.5 Å². The maximum atomic E-state index is 12.2. The highest BCUT2D eigenvalue weighted by Gasteiger charge is 2.61. The lowest BCUT2D eigenvalue weighted by molar-refractivity contribution is -0.138. The number of esters is 1. The normalized spacial score (nSPS) is 41.4. The predicted octanol–water partition coefficient (Wildman–Crippen LogP) is 3.16. The van der Waals surface area contributed by atoms with Gasteiger partial charge in [0.05, 0.1) is 6.10 Å². The van der Waals surface area contributed by atoms with E-state index in [1.165, 1.54) is 0 Å². The van der Waals surface area contributed by atoms with Crippen molar-refractivity contribution in [1.82, 2.24) is 0 Å². The third kappa shape index (κ3) is 3.01. The van der Waals surface area contributed by atoms with Gasteiger partial charge in [-0.3, -0.25) is 4.79 Å². The van der Waals surface area contributed by atoms with E-state index < -0.39 is 12.1 Å². The van der Waals surface area contributed by atoms with Gasteiger partial charge in [0.2, 0.25) is 0 Å². The molecule has 3 aliphatic rings. The first-order chi connectivity index (χ1) is 11.7. The summed E-state index contributed by atoms with van der Waals surface area (Å²) in [6, 6.07) is 0. The van der Waals surface area contributed by atoms with Crippen LogP contribution in [0.4, 0.5) is 0 Å². The smallest absolute Gasteiger partial charge is 0.334 e. The Bertz CT molecular complexity index is 597. The van der Waals surface area contributed by atoms with Crippen LogP contribution in [0.25, 0.3) is 0 Å². The third-order valence-corrected chi connectivity index (χ3v) is 7.36. The molecule has 2 fully saturated rings. The van der Waals surface area contributed by atoms with E-state index in [1.807, 2.05) is 6.92 Å². The largest absolute Gasteiger partial charge is 0.481 e. The second-order valence-electron chi connectivity index (χ2n) is 8.86. The molecule has 1 aliphatic heterocycles. The van der Waals surface area contributed by atoms with Crippen molar-refractivity contribution in [3.63, 3.8) is 0 Å². The molecular weight excluding hydrogens is 320 g/mol. The van der Waals surface area contributed by atoms with Crippen LogP contribution in [0.5, 0.6) is 0 Å². The Morgan fingerprint density at radius 1 is 1.48 bits per heavy atom. The Morgan fingerprint density at radius 2 is 2.20 bits per heavy atom. The summed E-state index contributed by atoms with van der Waals surface area (Å²) < 4.78 is 5.42. The van der Waals surface area contributed by atoms with Crippen LogP contribution in [0.15, 0.2) is 11.6 Å². The van der Waals surface area contributed by atoms with E-state index in [-0.39, 0.29) is 35.1 Å². The molecule has 1 saturated heterocycles. The Kier molecular flexibility index (Phi) is 4.73. The number of cyclic esters (lactones) is 1. The first kappa shape index (κ1) is 18.4. The van der Waals surface area contributed by atoms with Crippen molar-refractivity contribution in [3.05, 3.63) is 11.6 Å². The fourth-order valence-electron chi connectivity index (χ4n) is 5.61. The van der Waals surface area contributed by atoms with E-state index in [2.05, 4.69) is 13.8 Å². The standard InChI is InChI=1S/C20H30O5/c1-12(8-17(22)23)4-6-19(3)13(2)5-7-20-11-25-18(24)15(20)9-14(21)10-16(19)20/h9,12-14,16,21H,4-8,10-11H2,1-3H3,(H,22,23)/t12-,13-,14+,16-,19+,20-/m1/s1. The number of carbonyl (C=O) groups excluding carboxylic acids is 1. The van der Waals surface area contributed by atoms with E-state index >= 15 is 0 Å². The molecule has 0 bridgehead atoms. The minimum Gasteiger partial charge on any atom is -0.481 e. The summed E-state index contributed by atoms with van der Waals surface area (Å²) in [5, 5.41) is 19.4. The molecule has 2 N–H and O–H groups in total. The van der Waals surface area contributed by atoms with Crippen molar-refractivity contribution in [2.75, 3.05) is 6.61 Å². The second-order valence-corrected chi connectivity index (χ2v) is 8.86. The number of hydrogen-bond acceptors (Lipinski definition) is 4. The first-order valence-electron chi connectivity index (χ1n) is 9.48. The Morgan fingerprint density at radius 3 is 2.88 bits per heavy atom. The number of aliphatic hydroxyl groups excluding tert-OH is 1. The summed E-state index contributed by atoms with van der Waals surface area (Å²) in [5.41, 5.74) is 0.403. The van der Waals surface area contributed by atoms with Gasteiger partial charge in [0.15, 0.2) is 0 Å². The van der Waals surface area contributed by atoms with E-state index in [1.54, 1.807) is 6.08 Å². The monoisotopic (exact) mass is 350 g/mol. The minimum absolute atomic E-state index is 0.0283. The molecule has 1 heterocycles. The number of carboxylic acids is 1. The number of ether oxygens (including phenoxy) is 1. The number of carboxylic acid groups (broad SMARTS) is 1. The van der Waals surface area contributed by atoms with Gasteiger partial charge in [-0.25, -0.2) is 4.79 Å². The number of aliphatic carboxylic acids is 1. The Hall–Kier alpha value is -1.36. The first-order valence-corrected chi connectivity index (χ1v) is 9.48. The second kappa shape index (κ2) is 6.42. The molecule has 0 aromatic heterocycles. The number of rotatable bonds is 5. The van der Waals surface area contributed by atoms with Crippen LogP contribution in [0.1, 0.15) is 59.3 Å². The molecular formula is C20H30O5. The summed E-state index contributed by atoms with van der Waals surface area (Å²) in [7, 11) is 0. The maximum Gasteiger partial charge on any atom is 0.334 e. The van der Waals surface area contributed by atoms with Crippen LogP contribution in [-0.2, 0) is 14.3 Å². The van der Waals surface area contributed by atoms with E-state index in [0.717, 1.165) is 25.7 Å². The average molecular weight is 350 g/mol. The van der Waals surface area contributed by atoms with Crippen LogP contribution in [0, 0.1) is 28.6 Å². The molecule has 3 rings (SSSR count). The molecule has 0 aromatic carbocycles. The van der Waals surface area contributed by atoms with Gasteiger partial charge in [0, 0.05) is 17.4 Å². The lowest BCUT2D eigenvalue weighted by Gasteiger charge is -2.57. The van der Waals surface area contributed by atoms with Crippen molar-refractivity contribution in [2.24, 2.45) is 28.6 Å². The third-order valence-electron chi connectivity index (χ3n) is 7.36. The molecule has 0 amide bonds. The topological polar surface area (TPSA) is 83.8 Å². The Labute approximate surface area is 149 Å². The van der Waals surface area contributed by atoms with Gasteiger partial charge in [-0.2, -0.15) is 0 Å². The Balaban J connectivity index is 1.87. The molecule has 140 valence electrons. The molecule has 0 unspecified atom stereocenters. The highest BCUT2D eigenvalue weighted by Crippen LogP contribution is 2.63. The fourth-order valence-corrected chi connectivity index (χ4v) is 5.61. The van der Waals surface area contributed by atoms with E-state index in [9.17, 15) is 14.7 Å². The molecule has 5 nitrogen and oxygen atoms in total. The van der Waals surface area contributed by atoms with Gasteiger partial charge < -0.3 is 14.9 Å². The predicted molar refractivity (Wildman–Crippen MR) is 92.7 cm³/mol. The highest BCUT2D eigenvalue weighted by atomic mass is 16.5. The molecule has 1 spiro atoms. The summed E-state index contributed by atoms with van der Waals surface area (Å²) in [6.07, 6.45) is 5.71. The van der Waals surface area contributed by atoms with Crippen molar-refractivity contribution < 1.29 is 24.5 Å². The zero-order valence-electron chi connectivity index (χ0n) is 15.5. The quantitative estimate of drug-likeness (QED) is 0.744. The van der Waals surface area contributed by atoms with Crippen molar-refractivity contribution in [1.29, 1.82) is 0 Å². The number of hydrogen-bond donors (Lipinski definition) is 2.